The molecule has 2 aromatic rings. The van der Waals surface area contributed by atoms with Gasteiger partial charge in [-0.3, -0.25) is 0 Å². The van der Waals surface area contributed by atoms with Gasteiger partial charge in [0.05, 0.1) is 28.0 Å². The summed E-state index contributed by atoms with van der Waals surface area (Å²) in [6.07, 6.45) is 1.40. The van der Waals surface area contributed by atoms with Crippen LogP contribution in [0.2, 0.25) is 10.2 Å². The van der Waals surface area contributed by atoms with Crippen molar-refractivity contribution in [3.63, 3.8) is 0 Å². The molecule has 0 aliphatic rings. The van der Waals surface area contributed by atoms with Crippen molar-refractivity contribution < 1.29 is 4.39 Å². The van der Waals surface area contributed by atoms with Gasteiger partial charge in [-0.1, -0.05) is 41.1 Å². The van der Waals surface area contributed by atoms with E-state index in [2.05, 4.69) is 16.8 Å². The van der Waals surface area contributed by atoms with Crippen LogP contribution in [0.15, 0.2) is 30.5 Å². The fourth-order valence-electron chi connectivity index (χ4n) is 1.30. The fraction of sp³-hybridized carbons (Fsp3) is 0. The van der Waals surface area contributed by atoms with E-state index in [4.69, 9.17) is 28.9 Å². The number of halogens is 3. The molecule has 1 aromatic heterocycles. The van der Waals surface area contributed by atoms with E-state index in [1.54, 1.807) is 6.07 Å². The molecule has 0 saturated heterocycles. The molecule has 0 aliphatic heterocycles. The van der Waals surface area contributed by atoms with Gasteiger partial charge in [-0.15, -0.1) is 0 Å². The average Bonchev–Trinajstić information content (AvgIpc) is 2.33. The largest absolute Gasteiger partial charge is 0.396 e. The van der Waals surface area contributed by atoms with E-state index in [1.807, 2.05) is 0 Å². The summed E-state index contributed by atoms with van der Waals surface area (Å²) in [5, 5.41) is 0.523. The SMILES string of the molecule is Nc1cnc(Cl)cc1C#Cc1c(F)cccc1Cl. The molecule has 0 saturated carbocycles. The first-order valence-corrected chi connectivity index (χ1v) is 5.70. The lowest BCUT2D eigenvalue weighted by atomic mass is 10.2. The molecule has 2 rings (SSSR count). The minimum absolute atomic E-state index is 0.131. The number of anilines is 1. The molecule has 5 heteroatoms. The third kappa shape index (κ3) is 2.73. The standard InChI is InChI=1S/C13H7Cl2FN2/c14-10-2-1-3-11(16)9(10)5-4-8-6-13(15)18-7-12(8)17/h1-3,6-7H,17H2. The quantitative estimate of drug-likeness (QED) is 0.593. The molecular formula is C13H7Cl2FN2. The van der Waals surface area contributed by atoms with E-state index < -0.39 is 5.82 Å². The van der Waals surface area contributed by atoms with E-state index in [9.17, 15) is 4.39 Å². The first kappa shape index (κ1) is 12.7. The third-order valence-corrected chi connectivity index (χ3v) is 2.71. The Hall–Kier alpha value is -1.76. The normalized spacial score (nSPS) is 9.72. The van der Waals surface area contributed by atoms with Crippen LogP contribution in [-0.2, 0) is 0 Å². The maximum atomic E-state index is 13.5. The fourth-order valence-corrected chi connectivity index (χ4v) is 1.66. The lowest BCUT2D eigenvalue weighted by Crippen LogP contribution is -1.92. The Morgan fingerprint density at radius 2 is 2.00 bits per heavy atom. The zero-order chi connectivity index (χ0) is 13.1. The summed E-state index contributed by atoms with van der Waals surface area (Å²) in [5.74, 6) is 4.89. The minimum atomic E-state index is -0.478. The molecule has 0 amide bonds. The van der Waals surface area contributed by atoms with Gasteiger partial charge in [0.2, 0.25) is 0 Å². The van der Waals surface area contributed by atoms with Crippen LogP contribution >= 0.6 is 23.2 Å². The van der Waals surface area contributed by atoms with Gasteiger partial charge in [0.25, 0.3) is 0 Å². The Bertz CT molecular complexity index is 640. The van der Waals surface area contributed by atoms with E-state index in [0.29, 0.717) is 11.3 Å². The second-order valence-electron chi connectivity index (χ2n) is 3.44. The number of nitrogen functional groups attached to an aromatic ring is 1. The summed E-state index contributed by atoms with van der Waals surface area (Å²) in [6, 6.07) is 5.88. The first-order valence-electron chi connectivity index (χ1n) is 4.95. The summed E-state index contributed by atoms with van der Waals surface area (Å²) < 4.78 is 13.5. The van der Waals surface area contributed by atoms with Crippen LogP contribution in [0, 0.1) is 17.7 Å². The van der Waals surface area contributed by atoms with Gasteiger partial charge in [-0.2, -0.15) is 0 Å². The van der Waals surface area contributed by atoms with Crippen molar-refractivity contribution in [3.05, 3.63) is 57.6 Å². The molecule has 1 heterocycles. The molecule has 0 radical (unpaired) electrons. The number of nitrogens with two attached hydrogens (primary N) is 1. The van der Waals surface area contributed by atoms with Gasteiger partial charge in [0.15, 0.2) is 0 Å². The van der Waals surface area contributed by atoms with Crippen LogP contribution in [0.5, 0.6) is 0 Å². The van der Waals surface area contributed by atoms with Crippen molar-refractivity contribution in [3.8, 4) is 11.8 Å². The van der Waals surface area contributed by atoms with Gasteiger partial charge >= 0.3 is 0 Å². The number of rotatable bonds is 0. The maximum Gasteiger partial charge on any atom is 0.140 e. The number of nitrogens with zero attached hydrogens (tertiary/aromatic N) is 1. The number of pyridine rings is 1. The molecule has 2 nitrogen and oxygen atoms in total. The molecule has 0 bridgehead atoms. The van der Waals surface area contributed by atoms with Crippen molar-refractivity contribution in [1.29, 1.82) is 0 Å². The molecular weight excluding hydrogens is 274 g/mol. The molecule has 18 heavy (non-hydrogen) atoms. The maximum absolute atomic E-state index is 13.5. The first-order chi connectivity index (χ1) is 8.58. The predicted octanol–water partition coefficient (Wildman–Crippen LogP) is 3.51. The second-order valence-corrected chi connectivity index (χ2v) is 4.24. The van der Waals surface area contributed by atoms with E-state index in [1.165, 1.54) is 24.4 Å². The molecule has 0 spiro atoms. The number of hydrogen-bond donors (Lipinski definition) is 1. The van der Waals surface area contributed by atoms with Crippen molar-refractivity contribution in [2.45, 2.75) is 0 Å². The molecule has 2 N–H and O–H groups in total. The lowest BCUT2D eigenvalue weighted by molar-refractivity contribution is 0.624. The summed E-state index contributed by atoms with van der Waals surface area (Å²) >= 11 is 11.6. The predicted molar refractivity (Wildman–Crippen MR) is 71.0 cm³/mol. The number of hydrogen-bond acceptors (Lipinski definition) is 2. The van der Waals surface area contributed by atoms with Crippen molar-refractivity contribution in [2.75, 3.05) is 5.73 Å². The van der Waals surface area contributed by atoms with Crippen LogP contribution < -0.4 is 5.73 Å². The highest BCUT2D eigenvalue weighted by Gasteiger charge is 2.03. The van der Waals surface area contributed by atoms with Crippen LogP contribution in [0.25, 0.3) is 0 Å². The molecule has 90 valence electrons. The zero-order valence-corrected chi connectivity index (χ0v) is 10.6. The highest BCUT2D eigenvalue weighted by Crippen LogP contribution is 2.18. The molecule has 0 fully saturated rings. The van der Waals surface area contributed by atoms with Gasteiger partial charge in [0, 0.05) is 0 Å². The smallest absolute Gasteiger partial charge is 0.140 e. The van der Waals surface area contributed by atoms with E-state index in [0.717, 1.165) is 0 Å². The zero-order valence-electron chi connectivity index (χ0n) is 9.05. The number of benzene rings is 1. The molecule has 0 unspecified atom stereocenters. The van der Waals surface area contributed by atoms with Crippen LogP contribution in [0.4, 0.5) is 10.1 Å². The third-order valence-electron chi connectivity index (χ3n) is 2.19. The summed E-state index contributed by atoms with van der Waals surface area (Å²) in [4.78, 5) is 3.80. The molecule has 1 aromatic carbocycles. The van der Waals surface area contributed by atoms with Crippen molar-refractivity contribution in [2.24, 2.45) is 0 Å². The van der Waals surface area contributed by atoms with E-state index >= 15 is 0 Å². The Labute approximate surface area is 114 Å². The molecule has 0 aliphatic carbocycles. The average molecular weight is 281 g/mol. The number of aromatic nitrogens is 1. The van der Waals surface area contributed by atoms with Crippen molar-refractivity contribution >= 4 is 28.9 Å². The van der Waals surface area contributed by atoms with Gasteiger partial charge in [0.1, 0.15) is 11.0 Å². The van der Waals surface area contributed by atoms with Crippen molar-refractivity contribution in [1.82, 2.24) is 4.98 Å². The molecule has 0 atom stereocenters. The van der Waals surface area contributed by atoms with Gasteiger partial charge in [-0.05, 0) is 18.2 Å². The Kier molecular flexibility index (Phi) is 3.71. The minimum Gasteiger partial charge on any atom is -0.396 e. The van der Waals surface area contributed by atoms with Crippen LogP contribution in [0.3, 0.4) is 0 Å². The summed E-state index contributed by atoms with van der Waals surface area (Å²) in [7, 11) is 0. The Balaban J connectivity index is 2.46. The topological polar surface area (TPSA) is 38.9 Å². The van der Waals surface area contributed by atoms with E-state index in [-0.39, 0.29) is 15.7 Å². The Morgan fingerprint density at radius 3 is 2.72 bits per heavy atom. The van der Waals surface area contributed by atoms with Gasteiger partial charge < -0.3 is 5.73 Å². The second kappa shape index (κ2) is 5.26. The van der Waals surface area contributed by atoms with Crippen LogP contribution in [-0.4, -0.2) is 4.98 Å². The summed E-state index contributed by atoms with van der Waals surface area (Å²) in [6.45, 7) is 0. The monoisotopic (exact) mass is 280 g/mol. The van der Waals surface area contributed by atoms with Crippen LogP contribution in [0.1, 0.15) is 11.1 Å². The highest BCUT2D eigenvalue weighted by molar-refractivity contribution is 6.31. The summed E-state index contributed by atoms with van der Waals surface area (Å²) in [5.41, 5.74) is 6.67. The Morgan fingerprint density at radius 1 is 1.22 bits per heavy atom. The lowest BCUT2D eigenvalue weighted by Gasteiger charge is -1.98. The van der Waals surface area contributed by atoms with Gasteiger partial charge in [-0.25, -0.2) is 9.37 Å². The highest BCUT2D eigenvalue weighted by atomic mass is 35.5.